The number of imidazole rings is 1. The van der Waals surface area contributed by atoms with Crippen LogP contribution in [0.1, 0.15) is 42.0 Å². The number of rotatable bonds is 4. The number of nitrogens with two attached hydrogens (primary N) is 2. The third kappa shape index (κ3) is 12.2. The summed E-state index contributed by atoms with van der Waals surface area (Å²) >= 11 is 19.1. The predicted octanol–water partition coefficient (Wildman–Crippen LogP) is -0.149. The Kier molecular flexibility index (Phi) is 17.1. The Bertz CT molecular complexity index is 4200. The lowest BCUT2D eigenvalue weighted by atomic mass is 10.1. The van der Waals surface area contributed by atoms with Crippen molar-refractivity contribution in [1.29, 1.82) is 0 Å². The number of H-pyrrole nitrogens is 2. The number of hydrogen-bond acceptors (Lipinski definition) is 33. The van der Waals surface area contributed by atoms with Crippen LogP contribution in [0.5, 0.6) is 0 Å². The normalized spacial score (nSPS) is 40.6. The largest absolute Gasteiger partial charge is 0.386 e. The number of nitrogens with zero attached hydrogens (tertiary/aromatic N) is 14. The SMILES string of the molecule is Nc1nc2c(ncn2[C@@H]2O[C@@H]3COP(O)(=S)O[C@@H]4[C@@H](COP(=O)(S)O[C@@H]2[C@@H]3F)O[C@@H](n2nnc3c2N=CCC3=O)C4(F)F)c(=O)[nH]1.Nc1nc2c(nnn2[C@@H]2O[C@@H]3COP(O)(=S)O[C@H]4[C@H](F)[C@H](N5C=NC6C(=O)CC=NC65)O[C@@H]4COP(O)(=S)O[C@@H]2[C@@H]3F)c(=O)[nH]1. The highest BCUT2D eigenvalue weighted by Crippen LogP contribution is 2.61. The third-order valence-electron chi connectivity index (χ3n) is 14.9. The fourth-order valence-electron chi connectivity index (χ4n) is 10.8. The number of nitrogen functional groups attached to an aromatic ring is 2. The number of thiol groups is 1. The first kappa shape index (κ1) is 64.8. The Labute approximate surface area is 521 Å². The van der Waals surface area contributed by atoms with Gasteiger partial charge in [0.05, 0.1) is 39.1 Å². The van der Waals surface area contributed by atoms with Crippen molar-refractivity contribution in [2.45, 2.75) is 123 Å². The summed E-state index contributed by atoms with van der Waals surface area (Å²) in [5.74, 6) is -5.75. The molecule has 6 unspecified atom stereocenters. The molecule has 91 heavy (non-hydrogen) atoms. The van der Waals surface area contributed by atoms with E-state index in [-0.39, 0.29) is 64.4 Å². The van der Waals surface area contributed by atoms with Crippen LogP contribution in [0.15, 0.2) is 30.9 Å². The number of alkyl halides is 5. The van der Waals surface area contributed by atoms with Gasteiger partial charge in [0, 0.05) is 25.3 Å². The molecule has 6 saturated heterocycles. The lowest BCUT2D eigenvalue weighted by Gasteiger charge is -2.31. The number of Topliss-reactive ketones (excluding diaryl/α,β-unsaturated/α-hetero) is 2. The number of ketones is 2. The van der Waals surface area contributed by atoms with E-state index in [4.69, 9.17) is 102 Å². The average molecular weight is 1440 g/mol. The minimum absolute atomic E-state index is 0.0767. The smallest absolute Gasteiger partial charge is 0.369 e. The number of carbonyl (C=O) groups excluding carboxylic acids is 2. The lowest BCUT2D eigenvalue weighted by Crippen LogP contribution is -2.49. The van der Waals surface area contributed by atoms with Crippen LogP contribution >= 0.6 is 39.2 Å². The highest BCUT2D eigenvalue weighted by atomic mass is 32.7. The summed E-state index contributed by atoms with van der Waals surface area (Å²) < 4.78 is 161. The summed E-state index contributed by atoms with van der Waals surface area (Å²) in [4.78, 5) is 112. The third-order valence-corrected chi connectivity index (χ3v) is 21.1. The van der Waals surface area contributed by atoms with Crippen LogP contribution in [0.2, 0.25) is 0 Å². The van der Waals surface area contributed by atoms with E-state index in [0.29, 0.717) is 4.68 Å². The van der Waals surface area contributed by atoms with Crippen molar-refractivity contribution >= 4 is 145 Å². The molecule has 9 aliphatic rings. The van der Waals surface area contributed by atoms with Crippen molar-refractivity contribution in [1.82, 2.24) is 64.4 Å². The number of fused-ring (bicyclic) bond motifs is 10. The van der Waals surface area contributed by atoms with Crippen LogP contribution in [-0.2, 0) is 99.9 Å². The standard InChI is InChI=1S/C20H20F3N9O10P2S2.C20H23F2N9O10P2S2/c21-9-7-3-37-44(36,46)42-13-8(40-18(20(13,22)23)32-14-10(29-30-32)6(33)1-2-25-14)4-38-43(35,45)41-12(9)17(39-7)31-5-26-11-15(31)27-19(24)28-16(11)34;21-9-7-3-36-42(34,44)40-13-8(39-18(10(13)22)30-5-25-11-6(32)1-2-24-15(11)30)4-37-43(35,45)41-14(9)19(38-7)31-16-12(28-29-31)17(33)27-20(23)26-16/h2,5,7-9,12-13,17-18H,1,3-4H2,(H,35,45)(H,36,46)(H3,24,27,28,34);2,5,7-11,13-15,18-19H,1,3-4H2,(H,34,44)(H,35,45)(H3,23,26,27,33)/t7-,8-,9-,12-,13-,17-,18-,43?,44?;7-,8-,9-,10+,11?,13-,14-,15?,18-,19-,42?,43?/m11/s1. The van der Waals surface area contributed by atoms with Gasteiger partial charge in [0.15, 0.2) is 101 Å². The molecule has 6 fully saturated rings. The van der Waals surface area contributed by atoms with Gasteiger partial charge in [0.1, 0.15) is 42.7 Å². The second kappa shape index (κ2) is 24.1. The first-order valence-electron chi connectivity index (χ1n) is 26.2. The average Bonchev–Trinajstić information content (AvgIpc) is 1.63. The summed E-state index contributed by atoms with van der Waals surface area (Å²) in [5.41, 5.74) is 8.75. The molecule has 0 aliphatic carbocycles. The Morgan fingerprint density at radius 2 is 1.26 bits per heavy atom. The van der Waals surface area contributed by atoms with E-state index in [1.165, 1.54) is 23.7 Å². The summed E-state index contributed by atoms with van der Waals surface area (Å²) in [7, 11) is 0. The summed E-state index contributed by atoms with van der Waals surface area (Å²) in [6, 6.07) is -0.855. The number of aliphatic imine (C=N–C) groups is 3. The first-order chi connectivity index (χ1) is 43.0. The molecule has 38 nitrogen and oxygen atoms in total. The lowest BCUT2D eigenvalue weighted by molar-refractivity contribution is -0.141. The maximum Gasteiger partial charge on any atom is 0.386 e. The Hall–Kier alpha value is -4.90. The monoisotopic (exact) mass is 1440 g/mol. The second-order valence-electron chi connectivity index (χ2n) is 20.7. The molecule has 14 rings (SSSR count). The Morgan fingerprint density at radius 1 is 0.670 bits per heavy atom. The van der Waals surface area contributed by atoms with E-state index in [9.17, 15) is 38.4 Å². The molecule has 0 aromatic carbocycles. The zero-order chi connectivity index (χ0) is 64.6. The van der Waals surface area contributed by atoms with Crippen molar-refractivity contribution < 1.29 is 106 Å². The van der Waals surface area contributed by atoms with Gasteiger partial charge in [-0.3, -0.25) is 66.3 Å². The molecule has 0 saturated carbocycles. The molecule has 0 spiro atoms. The van der Waals surface area contributed by atoms with E-state index in [1.807, 2.05) is 0 Å². The van der Waals surface area contributed by atoms with Gasteiger partial charge in [-0.2, -0.15) is 28.1 Å². The van der Waals surface area contributed by atoms with E-state index < -0.39 is 181 Å². The van der Waals surface area contributed by atoms with Gasteiger partial charge in [0.2, 0.25) is 18.1 Å². The molecular formula is C40H43F5N18O20P4S4. The Morgan fingerprint density at radius 3 is 1.97 bits per heavy atom. The molecular weight excluding hydrogens is 1400 g/mol. The number of aromatic amines is 2. The molecule has 9 aliphatic heterocycles. The van der Waals surface area contributed by atoms with Crippen LogP contribution in [-0.4, -0.2) is 228 Å². The number of aromatic nitrogens is 12. The summed E-state index contributed by atoms with van der Waals surface area (Å²) in [6.07, 6.45) is -23.3. The van der Waals surface area contributed by atoms with Crippen molar-refractivity contribution in [3.8, 4) is 0 Å². The number of nitrogens with one attached hydrogen (secondary N) is 2. The Balaban J connectivity index is 0.000000167. The highest BCUT2D eigenvalue weighted by molar-refractivity contribution is 8.44. The van der Waals surface area contributed by atoms with Gasteiger partial charge in [-0.1, -0.05) is 22.7 Å². The van der Waals surface area contributed by atoms with Crippen LogP contribution < -0.4 is 22.6 Å². The van der Waals surface area contributed by atoms with Gasteiger partial charge in [0.25, 0.3) is 11.1 Å². The molecule has 4 bridgehead atoms. The van der Waals surface area contributed by atoms with Crippen molar-refractivity contribution in [3.05, 3.63) is 32.7 Å². The zero-order valence-electron chi connectivity index (χ0n) is 44.9. The van der Waals surface area contributed by atoms with E-state index >= 15 is 22.0 Å². The number of carbonyl (C=O) groups is 2. The van der Waals surface area contributed by atoms with Gasteiger partial charge < -0.3 is 63.6 Å². The minimum atomic E-state index is -4.66. The molecule has 51 heteroatoms. The van der Waals surface area contributed by atoms with E-state index in [1.54, 1.807) is 0 Å². The fourth-order valence-corrected chi connectivity index (χ4v) is 16.5. The van der Waals surface area contributed by atoms with Gasteiger partial charge in [-0.25, -0.2) is 27.7 Å². The van der Waals surface area contributed by atoms with Crippen LogP contribution in [0.3, 0.4) is 0 Å². The molecule has 492 valence electrons. The maximum absolute atomic E-state index is 16.0. The van der Waals surface area contributed by atoms with Gasteiger partial charge in [-0.15, -0.1) is 10.2 Å². The molecule has 0 amide bonds. The first-order valence-corrected chi connectivity index (χ1v) is 36.7. The molecule has 5 aromatic rings. The van der Waals surface area contributed by atoms with E-state index in [0.717, 1.165) is 15.6 Å². The van der Waals surface area contributed by atoms with Gasteiger partial charge >= 0.3 is 32.9 Å². The summed E-state index contributed by atoms with van der Waals surface area (Å²) in [6.45, 7) is -21.3. The number of anilines is 2. The van der Waals surface area contributed by atoms with Crippen molar-refractivity contribution in [2.24, 2.45) is 15.0 Å². The highest BCUT2D eigenvalue weighted by Gasteiger charge is 2.65. The molecule has 21 atom stereocenters. The summed E-state index contributed by atoms with van der Waals surface area (Å²) in [5, 5.41) is 14.8. The quantitative estimate of drug-likeness (QED) is 0.0659. The molecule has 0 radical (unpaired) electrons. The van der Waals surface area contributed by atoms with Gasteiger partial charge in [-0.05, 0) is 35.4 Å². The van der Waals surface area contributed by atoms with Crippen LogP contribution in [0.25, 0.3) is 22.3 Å². The maximum atomic E-state index is 16.0. The number of halogens is 5. The van der Waals surface area contributed by atoms with Crippen LogP contribution in [0.4, 0.5) is 39.7 Å². The fraction of sp³-hybridized carbons (Fsp3) is 0.600. The number of hydrogen-bond donors (Lipinski definition) is 8. The minimum Gasteiger partial charge on any atom is -0.369 e. The van der Waals surface area contributed by atoms with Crippen molar-refractivity contribution in [3.63, 3.8) is 0 Å². The molecule has 9 N–H and O–H groups in total. The predicted molar refractivity (Wildman–Crippen MR) is 305 cm³/mol. The molecule has 14 heterocycles. The zero-order valence-corrected chi connectivity index (χ0v) is 51.8. The van der Waals surface area contributed by atoms with Crippen LogP contribution in [0, 0.1) is 0 Å². The number of ether oxygens (including phenoxy) is 4. The molecule has 5 aromatic heterocycles. The van der Waals surface area contributed by atoms with Crippen molar-refractivity contribution in [2.75, 3.05) is 37.9 Å². The topological polar surface area (TPSA) is 486 Å². The van der Waals surface area contributed by atoms with E-state index in [2.05, 4.69) is 72.8 Å². The second-order valence-corrected chi connectivity index (χ2v) is 31.9.